The first-order valence-electron chi connectivity index (χ1n) is 13.4. The first-order valence-corrected chi connectivity index (χ1v) is 13.4. The highest BCUT2D eigenvalue weighted by Gasteiger charge is 2.26. The van der Waals surface area contributed by atoms with Gasteiger partial charge in [0.1, 0.15) is 11.3 Å². The summed E-state index contributed by atoms with van der Waals surface area (Å²) in [6.45, 7) is 2.83. The Labute approximate surface area is 221 Å². The molecule has 196 valence electrons. The number of ether oxygens (including phenoxy) is 1. The maximum Gasteiger partial charge on any atom is 0.157 e. The molecule has 1 unspecified atom stereocenters. The fourth-order valence-electron chi connectivity index (χ4n) is 6.29. The number of anilines is 1. The largest absolute Gasteiger partial charge is 0.494 e. The van der Waals surface area contributed by atoms with Crippen LogP contribution in [0.4, 0.5) is 5.69 Å². The van der Waals surface area contributed by atoms with Crippen LogP contribution in [0.1, 0.15) is 24.1 Å². The summed E-state index contributed by atoms with van der Waals surface area (Å²) in [7, 11) is 3.77. The molecule has 3 N–H and O–H groups in total. The fourth-order valence-corrected chi connectivity index (χ4v) is 6.29. The summed E-state index contributed by atoms with van der Waals surface area (Å²) in [6.07, 6.45) is 5.63. The minimum absolute atomic E-state index is 0.205. The zero-order chi connectivity index (χ0) is 26.0. The molecule has 0 fully saturated rings. The van der Waals surface area contributed by atoms with E-state index in [0.29, 0.717) is 0 Å². The minimum atomic E-state index is 0.205. The van der Waals surface area contributed by atoms with Crippen molar-refractivity contribution in [2.75, 3.05) is 31.7 Å². The van der Waals surface area contributed by atoms with Gasteiger partial charge < -0.3 is 29.6 Å². The van der Waals surface area contributed by atoms with Crippen molar-refractivity contribution in [1.82, 2.24) is 23.9 Å². The van der Waals surface area contributed by atoms with Gasteiger partial charge in [0, 0.05) is 57.0 Å². The molecule has 2 aromatic carbocycles. The fraction of sp³-hybridized carbons (Fsp3) is 0.379. The van der Waals surface area contributed by atoms with Crippen molar-refractivity contribution >= 4 is 27.6 Å². The van der Waals surface area contributed by atoms with Gasteiger partial charge in [-0.15, -0.1) is 0 Å². The van der Waals surface area contributed by atoms with Crippen LogP contribution in [-0.2, 0) is 26.4 Å². The Kier molecular flexibility index (Phi) is 5.45. The Morgan fingerprint density at radius 3 is 2.89 bits per heavy atom. The number of methoxy groups -OCH3 is 1. The first-order chi connectivity index (χ1) is 18.6. The van der Waals surface area contributed by atoms with Gasteiger partial charge in [0.2, 0.25) is 0 Å². The molecule has 3 aromatic heterocycles. The molecule has 4 heterocycles. The smallest absolute Gasteiger partial charge is 0.157 e. The zero-order valence-corrected chi connectivity index (χ0v) is 21.9. The molecule has 0 radical (unpaired) electrons. The van der Waals surface area contributed by atoms with E-state index in [0.717, 1.165) is 85.0 Å². The van der Waals surface area contributed by atoms with E-state index < -0.39 is 0 Å². The predicted molar refractivity (Wildman–Crippen MR) is 149 cm³/mol. The number of fused-ring (bicyclic) bond motifs is 2. The molecular formula is C29H33N7O2. The molecule has 7 rings (SSSR count). The number of benzene rings is 2. The summed E-state index contributed by atoms with van der Waals surface area (Å²) in [5.74, 6) is 1.68. The van der Waals surface area contributed by atoms with Crippen molar-refractivity contribution < 1.29 is 9.84 Å². The number of imidazole rings is 1. The molecule has 2 aliphatic rings. The van der Waals surface area contributed by atoms with Crippen LogP contribution in [-0.4, -0.2) is 61.9 Å². The van der Waals surface area contributed by atoms with Gasteiger partial charge in [-0.1, -0.05) is 12.1 Å². The number of aromatic nitrogens is 5. The van der Waals surface area contributed by atoms with Crippen molar-refractivity contribution in [1.29, 1.82) is 0 Å². The van der Waals surface area contributed by atoms with Gasteiger partial charge in [-0.2, -0.15) is 5.10 Å². The molecule has 9 nitrogen and oxygen atoms in total. The van der Waals surface area contributed by atoms with E-state index in [4.69, 9.17) is 20.6 Å². The third kappa shape index (κ3) is 3.53. The molecule has 0 saturated carbocycles. The third-order valence-corrected chi connectivity index (χ3v) is 8.16. The lowest BCUT2D eigenvalue weighted by Crippen LogP contribution is -2.32. The van der Waals surface area contributed by atoms with Gasteiger partial charge in [0.15, 0.2) is 5.82 Å². The lowest BCUT2D eigenvalue weighted by Gasteiger charge is -2.31. The van der Waals surface area contributed by atoms with Crippen LogP contribution >= 0.6 is 0 Å². The summed E-state index contributed by atoms with van der Waals surface area (Å²) in [4.78, 5) is 7.53. The van der Waals surface area contributed by atoms with E-state index >= 15 is 0 Å². The Morgan fingerprint density at radius 1 is 1.16 bits per heavy atom. The standard InChI is InChI=1S/C29H33N7O2/c1-33-28-23(15-21(16-26(28)38-2)36-17-19-13-20(30)7-8-22(19)32-36)31-29(33)25-14-18-5-3-6-24-27(18)35(25)11-10-34(24)9-4-12-37/h3,5-6,14-17,20,37H,4,7-13,30H2,1-2H3. The maximum atomic E-state index is 9.36. The molecule has 9 heteroatoms. The van der Waals surface area contributed by atoms with Crippen LogP contribution in [0.15, 0.2) is 42.6 Å². The molecular weight excluding hydrogens is 478 g/mol. The topological polar surface area (TPSA) is 99.3 Å². The Balaban J connectivity index is 1.35. The van der Waals surface area contributed by atoms with E-state index in [-0.39, 0.29) is 12.6 Å². The lowest BCUT2D eigenvalue weighted by atomic mass is 9.94. The lowest BCUT2D eigenvalue weighted by molar-refractivity contribution is 0.289. The van der Waals surface area contributed by atoms with Crippen LogP contribution in [0.25, 0.3) is 39.1 Å². The van der Waals surface area contributed by atoms with E-state index in [9.17, 15) is 5.11 Å². The molecule has 0 spiro atoms. The van der Waals surface area contributed by atoms with E-state index in [1.807, 2.05) is 10.7 Å². The zero-order valence-electron chi connectivity index (χ0n) is 21.9. The normalized spacial score (nSPS) is 16.9. The second-order valence-corrected chi connectivity index (χ2v) is 10.5. The predicted octanol–water partition coefficient (Wildman–Crippen LogP) is 3.41. The van der Waals surface area contributed by atoms with Crippen molar-refractivity contribution in [2.24, 2.45) is 12.8 Å². The van der Waals surface area contributed by atoms with Gasteiger partial charge in [-0.25, -0.2) is 9.67 Å². The van der Waals surface area contributed by atoms with Gasteiger partial charge in [0.25, 0.3) is 0 Å². The summed E-state index contributed by atoms with van der Waals surface area (Å²) < 4.78 is 12.4. The SMILES string of the molecule is COc1cc(-n2cc3c(n2)CCC(N)C3)cc2nc(-c3cc4cccc5c4n3CCN5CCCO)n(C)c12. The molecule has 0 bridgehead atoms. The molecule has 1 aliphatic carbocycles. The molecule has 0 amide bonds. The number of nitrogens with two attached hydrogens (primary N) is 1. The monoisotopic (exact) mass is 511 g/mol. The Bertz CT molecular complexity index is 1680. The van der Waals surface area contributed by atoms with E-state index in [1.54, 1.807) is 7.11 Å². The van der Waals surface area contributed by atoms with Crippen molar-refractivity contribution in [3.05, 3.63) is 53.9 Å². The highest BCUT2D eigenvalue weighted by molar-refractivity contribution is 5.97. The highest BCUT2D eigenvalue weighted by Crippen LogP contribution is 2.39. The Morgan fingerprint density at radius 2 is 2.05 bits per heavy atom. The number of aliphatic hydroxyl groups is 1. The second kappa shape index (κ2) is 8.89. The average Bonchev–Trinajstić information content (AvgIpc) is 3.62. The van der Waals surface area contributed by atoms with Crippen molar-refractivity contribution in [3.63, 3.8) is 0 Å². The Hall–Kier alpha value is -3.82. The van der Waals surface area contributed by atoms with Crippen LogP contribution in [0.5, 0.6) is 5.75 Å². The van der Waals surface area contributed by atoms with Gasteiger partial charge in [-0.05, 0) is 49.4 Å². The summed E-state index contributed by atoms with van der Waals surface area (Å²) in [6, 6.07) is 13.1. The van der Waals surface area contributed by atoms with E-state index in [1.165, 1.54) is 22.2 Å². The van der Waals surface area contributed by atoms with Crippen molar-refractivity contribution in [3.8, 4) is 23.0 Å². The van der Waals surface area contributed by atoms with Gasteiger partial charge in [-0.3, -0.25) is 0 Å². The van der Waals surface area contributed by atoms with Gasteiger partial charge in [0.05, 0.1) is 40.9 Å². The first kappa shape index (κ1) is 23.3. The van der Waals surface area contributed by atoms with Crippen LogP contribution in [0, 0.1) is 0 Å². The quantitative estimate of drug-likeness (QED) is 0.363. The number of hydrogen-bond donors (Lipinski definition) is 2. The molecule has 0 saturated heterocycles. The van der Waals surface area contributed by atoms with Gasteiger partial charge >= 0.3 is 0 Å². The average molecular weight is 512 g/mol. The highest BCUT2D eigenvalue weighted by atomic mass is 16.5. The number of aliphatic hydroxyl groups excluding tert-OH is 1. The molecule has 38 heavy (non-hydrogen) atoms. The van der Waals surface area contributed by atoms with Crippen molar-refractivity contribution in [2.45, 2.75) is 38.3 Å². The minimum Gasteiger partial charge on any atom is -0.494 e. The molecule has 1 atom stereocenters. The van der Waals surface area contributed by atoms with Crippen LogP contribution in [0.3, 0.4) is 0 Å². The molecule has 1 aliphatic heterocycles. The summed E-state index contributed by atoms with van der Waals surface area (Å²) >= 11 is 0. The number of nitrogens with zero attached hydrogens (tertiary/aromatic N) is 6. The van der Waals surface area contributed by atoms with Crippen LogP contribution < -0.4 is 15.4 Å². The number of para-hydroxylation sites is 1. The number of aryl methyl sites for hydroxylation is 2. The maximum absolute atomic E-state index is 9.36. The second-order valence-electron chi connectivity index (χ2n) is 10.5. The van der Waals surface area contributed by atoms with E-state index in [2.05, 4.69) is 57.6 Å². The summed E-state index contributed by atoms with van der Waals surface area (Å²) in [5.41, 5.74) is 14.9. The van der Waals surface area contributed by atoms with Crippen LogP contribution in [0.2, 0.25) is 0 Å². The molecule has 5 aromatic rings. The third-order valence-electron chi connectivity index (χ3n) is 8.16. The summed E-state index contributed by atoms with van der Waals surface area (Å²) in [5, 5.41) is 15.4. The number of hydrogen-bond acceptors (Lipinski definition) is 6. The number of rotatable bonds is 6.